The molecule has 0 aliphatic carbocycles. The van der Waals surface area contributed by atoms with Crippen molar-refractivity contribution in [2.45, 2.75) is 50.4 Å². The Balaban J connectivity index is 2.14. The molecule has 0 aromatic carbocycles. The third-order valence-corrected chi connectivity index (χ3v) is 3.95. The van der Waals surface area contributed by atoms with E-state index in [2.05, 4.69) is 24.0 Å². The Kier molecular flexibility index (Phi) is 4.81. The molecule has 2 heterocycles. The highest BCUT2D eigenvalue weighted by molar-refractivity contribution is 7.99. The minimum absolute atomic E-state index is 0.00174. The summed E-state index contributed by atoms with van der Waals surface area (Å²) in [5.74, 6) is 0.307. The summed E-state index contributed by atoms with van der Waals surface area (Å²) in [6.45, 7) is 5.63. The highest BCUT2D eigenvalue weighted by atomic mass is 32.2. The predicted octanol–water partition coefficient (Wildman–Crippen LogP) is 1.76. The Morgan fingerprint density at radius 3 is 2.95 bits per heavy atom. The van der Waals surface area contributed by atoms with Gasteiger partial charge in [0.2, 0.25) is 0 Å². The molecule has 7 heteroatoms. The average molecular weight is 285 g/mol. The highest BCUT2D eigenvalue weighted by Gasteiger charge is 2.22. The number of aromatic nitrogens is 3. The number of nitrogens with zero attached hydrogens (tertiary/aromatic N) is 3. The standard InChI is InChI=1S/C12H19N3O3S/c1-8(2)11-13-14-12(19-7-10(16)17)15(11)6-9-4-3-5-18-9/h8-9H,3-7H2,1-2H3,(H,16,17). The molecular weight excluding hydrogens is 266 g/mol. The predicted molar refractivity (Wildman–Crippen MR) is 71.4 cm³/mol. The molecule has 1 atom stereocenters. The van der Waals surface area contributed by atoms with E-state index in [0.29, 0.717) is 11.7 Å². The Morgan fingerprint density at radius 2 is 2.37 bits per heavy atom. The van der Waals surface area contributed by atoms with E-state index in [0.717, 1.165) is 25.3 Å². The first-order valence-electron chi connectivity index (χ1n) is 6.47. The lowest BCUT2D eigenvalue weighted by Gasteiger charge is -2.15. The molecule has 1 N–H and O–H groups in total. The van der Waals surface area contributed by atoms with Crippen LogP contribution in [0.2, 0.25) is 0 Å². The van der Waals surface area contributed by atoms with Crippen LogP contribution in [0.4, 0.5) is 0 Å². The van der Waals surface area contributed by atoms with Crippen molar-refractivity contribution in [2.24, 2.45) is 0 Å². The molecule has 0 spiro atoms. The Hall–Kier alpha value is -1.08. The molecule has 0 saturated carbocycles. The monoisotopic (exact) mass is 285 g/mol. The number of aliphatic carboxylic acids is 1. The minimum Gasteiger partial charge on any atom is -0.481 e. The summed E-state index contributed by atoms with van der Waals surface area (Å²) in [7, 11) is 0. The topological polar surface area (TPSA) is 77.2 Å². The molecule has 0 amide bonds. The van der Waals surface area contributed by atoms with Crippen LogP contribution in [0.5, 0.6) is 0 Å². The maximum atomic E-state index is 10.7. The summed E-state index contributed by atoms with van der Waals surface area (Å²) >= 11 is 1.21. The first kappa shape index (κ1) is 14.3. The van der Waals surface area contributed by atoms with Gasteiger partial charge in [-0.05, 0) is 12.8 Å². The Morgan fingerprint density at radius 1 is 1.58 bits per heavy atom. The lowest BCUT2D eigenvalue weighted by Crippen LogP contribution is -2.18. The summed E-state index contributed by atoms with van der Waals surface area (Å²) in [6.07, 6.45) is 2.32. The van der Waals surface area contributed by atoms with Gasteiger partial charge in [0.25, 0.3) is 0 Å². The van der Waals surface area contributed by atoms with Crippen molar-refractivity contribution in [1.82, 2.24) is 14.8 Å². The zero-order valence-corrected chi connectivity index (χ0v) is 12.0. The largest absolute Gasteiger partial charge is 0.481 e. The van der Waals surface area contributed by atoms with Gasteiger partial charge >= 0.3 is 5.97 Å². The zero-order chi connectivity index (χ0) is 13.8. The van der Waals surface area contributed by atoms with Crippen molar-refractivity contribution in [2.75, 3.05) is 12.4 Å². The fourth-order valence-electron chi connectivity index (χ4n) is 2.12. The molecule has 19 heavy (non-hydrogen) atoms. The number of carboxylic acid groups (broad SMARTS) is 1. The van der Waals surface area contributed by atoms with Gasteiger partial charge in [-0.3, -0.25) is 4.79 Å². The first-order valence-corrected chi connectivity index (χ1v) is 7.45. The summed E-state index contributed by atoms with van der Waals surface area (Å²) < 4.78 is 7.65. The number of ether oxygens (including phenoxy) is 1. The smallest absolute Gasteiger partial charge is 0.313 e. The summed E-state index contributed by atoms with van der Waals surface area (Å²) in [4.78, 5) is 10.7. The van der Waals surface area contributed by atoms with Crippen LogP contribution in [0.15, 0.2) is 5.16 Å². The van der Waals surface area contributed by atoms with Crippen molar-refractivity contribution in [3.8, 4) is 0 Å². The van der Waals surface area contributed by atoms with Crippen LogP contribution in [0.25, 0.3) is 0 Å². The average Bonchev–Trinajstić information content (AvgIpc) is 2.96. The quantitative estimate of drug-likeness (QED) is 0.802. The van der Waals surface area contributed by atoms with Crippen LogP contribution in [0.1, 0.15) is 38.4 Å². The number of rotatable bonds is 6. The molecule has 1 saturated heterocycles. The van der Waals surface area contributed by atoms with Crippen LogP contribution >= 0.6 is 11.8 Å². The van der Waals surface area contributed by atoms with Gasteiger partial charge in [-0.1, -0.05) is 25.6 Å². The van der Waals surface area contributed by atoms with Crippen molar-refractivity contribution >= 4 is 17.7 Å². The zero-order valence-electron chi connectivity index (χ0n) is 11.2. The van der Waals surface area contributed by atoms with Crippen LogP contribution in [-0.4, -0.2) is 44.3 Å². The van der Waals surface area contributed by atoms with Crippen molar-refractivity contribution in [3.05, 3.63) is 5.82 Å². The summed E-state index contributed by atoms with van der Waals surface area (Å²) in [5.41, 5.74) is 0. The molecule has 1 fully saturated rings. The molecule has 1 unspecified atom stereocenters. The lowest BCUT2D eigenvalue weighted by molar-refractivity contribution is -0.133. The molecule has 1 aliphatic rings. The number of hydrogen-bond donors (Lipinski definition) is 1. The van der Waals surface area contributed by atoms with E-state index in [1.54, 1.807) is 0 Å². The molecule has 1 aromatic heterocycles. The molecule has 0 radical (unpaired) electrons. The molecule has 0 bridgehead atoms. The third kappa shape index (κ3) is 3.70. The second-order valence-electron chi connectivity index (χ2n) is 4.92. The van der Waals surface area contributed by atoms with Gasteiger partial charge < -0.3 is 14.4 Å². The van der Waals surface area contributed by atoms with Crippen molar-refractivity contribution in [3.63, 3.8) is 0 Å². The summed E-state index contributed by atoms with van der Waals surface area (Å²) in [6, 6.07) is 0. The first-order chi connectivity index (χ1) is 9.08. The Labute approximate surface area is 116 Å². The fourth-order valence-corrected chi connectivity index (χ4v) is 2.80. The summed E-state index contributed by atoms with van der Waals surface area (Å²) in [5, 5.41) is 17.7. The van der Waals surface area contributed by atoms with E-state index in [1.165, 1.54) is 11.8 Å². The van der Waals surface area contributed by atoms with Crippen LogP contribution in [-0.2, 0) is 16.1 Å². The van der Waals surface area contributed by atoms with E-state index in [9.17, 15) is 4.79 Å². The van der Waals surface area contributed by atoms with Gasteiger partial charge in [0.1, 0.15) is 5.82 Å². The normalized spacial score (nSPS) is 19.2. The van der Waals surface area contributed by atoms with Gasteiger partial charge in [-0.15, -0.1) is 10.2 Å². The van der Waals surface area contributed by atoms with E-state index >= 15 is 0 Å². The molecule has 6 nitrogen and oxygen atoms in total. The van der Waals surface area contributed by atoms with Crippen LogP contribution in [0, 0.1) is 0 Å². The highest BCUT2D eigenvalue weighted by Crippen LogP contribution is 2.24. The molecule has 2 rings (SSSR count). The maximum Gasteiger partial charge on any atom is 0.313 e. The number of carboxylic acids is 1. The second-order valence-corrected chi connectivity index (χ2v) is 5.87. The van der Waals surface area contributed by atoms with E-state index in [-0.39, 0.29) is 17.8 Å². The maximum absolute atomic E-state index is 10.7. The minimum atomic E-state index is -0.845. The molecule has 1 aliphatic heterocycles. The van der Waals surface area contributed by atoms with Crippen molar-refractivity contribution < 1.29 is 14.6 Å². The molecule has 1 aromatic rings. The second kappa shape index (κ2) is 6.38. The number of hydrogen-bond acceptors (Lipinski definition) is 5. The van der Waals surface area contributed by atoms with Crippen LogP contribution < -0.4 is 0 Å². The molecular formula is C12H19N3O3S. The van der Waals surface area contributed by atoms with Crippen LogP contribution in [0.3, 0.4) is 0 Å². The Bertz CT molecular complexity index is 441. The van der Waals surface area contributed by atoms with Gasteiger partial charge in [0, 0.05) is 12.5 Å². The number of thioether (sulfide) groups is 1. The van der Waals surface area contributed by atoms with Gasteiger partial charge in [-0.2, -0.15) is 0 Å². The van der Waals surface area contributed by atoms with E-state index < -0.39 is 5.97 Å². The van der Waals surface area contributed by atoms with Gasteiger partial charge in [-0.25, -0.2) is 0 Å². The van der Waals surface area contributed by atoms with Crippen molar-refractivity contribution in [1.29, 1.82) is 0 Å². The number of carbonyl (C=O) groups is 1. The third-order valence-electron chi connectivity index (χ3n) is 3.00. The van der Waals surface area contributed by atoms with E-state index in [4.69, 9.17) is 9.84 Å². The molecule has 106 valence electrons. The van der Waals surface area contributed by atoms with E-state index in [1.807, 2.05) is 4.57 Å². The van der Waals surface area contributed by atoms with Gasteiger partial charge in [0.15, 0.2) is 5.16 Å². The fraction of sp³-hybridized carbons (Fsp3) is 0.750. The lowest BCUT2D eigenvalue weighted by atomic mass is 10.2. The SMILES string of the molecule is CC(C)c1nnc(SCC(=O)O)n1CC1CCCO1. The van der Waals surface area contributed by atoms with Gasteiger partial charge in [0.05, 0.1) is 18.4 Å².